The first-order valence-electron chi connectivity index (χ1n) is 7.56. The lowest BCUT2D eigenvalue weighted by Gasteiger charge is -2.32. The molecule has 0 amide bonds. The number of nitrogens with two attached hydrogens (primary N) is 1. The number of nitrogen functional groups attached to an aromatic ring is 1. The topological polar surface area (TPSA) is 51.0 Å². The van der Waals surface area contributed by atoms with E-state index in [-0.39, 0.29) is 0 Å². The molecule has 1 aliphatic heterocycles. The molecule has 2 N–H and O–H groups in total. The maximum absolute atomic E-state index is 6.18. The summed E-state index contributed by atoms with van der Waals surface area (Å²) in [6.07, 6.45) is 2.00. The van der Waals surface area contributed by atoms with Crippen molar-refractivity contribution in [2.24, 2.45) is 0 Å². The van der Waals surface area contributed by atoms with Gasteiger partial charge in [-0.05, 0) is 38.6 Å². The number of likely N-dealkylation sites (N-methyl/N-ethyl adjacent to an activating group) is 1. The Hall–Kier alpha value is -1.46. The number of hydrogen-bond acceptors (Lipinski definition) is 5. The normalized spacial score (nSPS) is 16.9. The minimum Gasteiger partial charge on any atom is -0.496 e. The molecule has 0 aliphatic carbocycles. The summed E-state index contributed by atoms with van der Waals surface area (Å²) < 4.78 is 10.7. The molecule has 1 aromatic carbocycles. The fourth-order valence-electron chi connectivity index (χ4n) is 2.80. The first-order valence-corrected chi connectivity index (χ1v) is 7.56. The van der Waals surface area contributed by atoms with Gasteiger partial charge in [-0.15, -0.1) is 0 Å². The molecular formula is C16H27N3O2. The van der Waals surface area contributed by atoms with Crippen molar-refractivity contribution in [3.63, 3.8) is 0 Å². The second-order valence-corrected chi connectivity index (χ2v) is 5.61. The Morgan fingerprint density at radius 3 is 2.29 bits per heavy atom. The maximum Gasteiger partial charge on any atom is 0.142 e. The minimum absolute atomic E-state index is 0.704. The third-order valence-corrected chi connectivity index (χ3v) is 4.21. The second kappa shape index (κ2) is 7.52. The van der Waals surface area contributed by atoms with Crippen LogP contribution in [-0.4, -0.2) is 63.8 Å². The van der Waals surface area contributed by atoms with Crippen LogP contribution in [0.1, 0.15) is 12.0 Å². The van der Waals surface area contributed by atoms with E-state index in [4.69, 9.17) is 15.2 Å². The Bertz CT molecular complexity index is 457. The van der Waals surface area contributed by atoms with E-state index in [0.29, 0.717) is 5.69 Å². The molecule has 0 aromatic heterocycles. The fourth-order valence-corrected chi connectivity index (χ4v) is 2.80. The number of nitrogens with zero attached hydrogens (tertiary/aromatic N) is 2. The molecule has 1 fully saturated rings. The van der Waals surface area contributed by atoms with E-state index < -0.39 is 0 Å². The van der Waals surface area contributed by atoms with Crippen molar-refractivity contribution in [3.05, 3.63) is 17.7 Å². The van der Waals surface area contributed by atoms with E-state index in [0.717, 1.165) is 62.6 Å². The van der Waals surface area contributed by atoms with Crippen molar-refractivity contribution in [2.75, 3.05) is 59.7 Å². The SMILES string of the molecule is COc1ccc(OC)c(CCCN2CCN(C)CC2)c1N. The van der Waals surface area contributed by atoms with Gasteiger partial charge in [-0.25, -0.2) is 0 Å². The van der Waals surface area contributed by atoms with Crippen LogP contribution in [0.25, 0.3) is 0 Å². The summed E-state index contributed by atoms with van der Waals surface area (Å²) in [4.78, 5) is 4.89. The lowest BCUT2D eigenvalue weighted by atomic mass is 10.0. The van der Waals surface area contributed by atoms with Gasteiger partial charge in [0.1, 0.15) is 11.5 Å². The molecule has 1 aromatic rings. The molecule has 0 radical (unpaired) electrons. The number of hydrogen-bond donors (Lipinski definition) is 1. The van der Waals surface area contributed by atoms with Gasteiger partial charge >= 0.3 is 0 Å². The van der Waals surface area contributed by atoms with Gasteiger partial charge in [0.05, 0.1) is 19.9 Å². The van der Waals surface area contributed by atoms with E-state index in [1.54, 1.807) is 14.2 Å². The highest BCUT2D eigenvalue weighted by Gasteiger charge is 2.15. The average molecular weight is 293 g/mol. The second-order valence-electron chi connectivity index (χ2n) is 5.61. The van der Waals surface area contributed by atoms with Gasteiger partial charge < -0.3 is 25.0 Å². The van der Waals surface area contributed by atoms with Gasteiger partial charge in [-0.3, -0.25) is 0 Å². The summed E-state index contributed by atoms with van der Waals surface area (Å²) in [6, 6.07) is 3.79. The van der Waals surface area contributed by atoms with Crippen LogP contribution in [0.2, 0.25) is 0 Å². The molecule has 5 nitrogen and oxygen atoms in total. The maximum atomic E-state index is 6.18. The van der Waals surface area contributed by atoms with Crippen molar-refractivity contribution in [2.45, 2.75) is 12.8 Å². The average Bonchev–Trinajstić information content (AvgIpc) is 2.50. The van der Waals surface area contributed by atoms with Crippen molar-refractivity contribution in [3.8, 4) is 11.5 Å². The van der Waals surface area contributed by atoms with Crippen LogP contribution >= 0.6 is 0 Å². The third kappa shape index (κ3) is 4.02. The largest absolute Gasteiger partial charge is 0.496 e. The number of ether oxygens (including phenoxy) is 2. The summed E-state index contributed by atoms with van der Waals surface area (Å²) >= 11 is 0. The summed E-state index contributed by atoms with van der Waals surface area (Å²) in [5.41, 5.74) is 7.95. The highest BCUT2D eigenvalue weighted by atomic mass is 16.5. The van der Waals surface area contributed by atoms with E-state index in [2.05, 4.69) is 16.8 Å². The van der Waals surface area contributed by atoms with Gasteiger partial charge in [0.2, 0.25) is 0 Å². The molecule has 1 saturated heterocycles. The number of rotatable bonds is 6. The molecule has 0 atom stereocenters. The van der Waals surface area contributed by atoms with Crippen molar-refractivity contribution >= 4 is 5.69 Å². The van der Waals surface area contributed by atoms with Crippen LogP contribution in [0.15, 0.2) is 12.1 Å². The lowest BCUT2D eigenvalue weighted by molar-refractivity contribution is 0.153. The van der Waals surface area contributed by atoms with Crippen LogP contribution in [0.4, 0.5) is 5.69 Å². The monoisotopic (exact) mass is 293 g/mol. The van der Waals surface area contributed by atoms with Gasteiger partial charge in [0.15, 0.2) is 0 Å². The van der Waals surface area contributed by atoms with Gasteiger partial charge in [0.25, 0.3) is 0 Å². The van der Waals surface area contributed by atoms with Crippen molar-refractivity contribution in [1.29, 1.82) is 0 Å². The van der Waals surface area contributed by atoms with Crippen LogP contribution in [0.3, 0.4) is 0 Å². The van der Waals surface area contributed by atoms with E-state index in [1.807, 2.05) is 12.1 Å². The number of benzene rings is 1. The van der Waals surface area contributed by atoms with Crippen LogP contribution < -0.4 is 15.2 Å². The zero-order valence-corrected chi connectivity index (χ0v) is 13.4. The highest BCUT2D eigenvalue weighted by Crippen LogP contribution is 2.33. The Kier molecular flexibility index (Phi) is 5.70. The van der Waals surface area contributed by atoms with Crippen molar-refractivity contribution < 1.29 is 9.47 Å². The first-order chi connectivity index (χ1) is 10.2. The Morgan fingerprint density at radius 2 is 1.67 bits per heavy atom. The van der Waals surface area contributed by atoms with Gasteiger partial charge in [-0.1, -0.05) is 0 Å². The van der Waals surface area contributed by atoms with E-state index >= 15 is 0 Å². The summed E-state index contributed by atoms with van der Waals surface area (Å²) in [5.74, 6) is 1.58. The zero-order valence-electron chi connectivity index (χ0n) is 13.4. The molecule has 1 aliphatic rings. The van der Waals surface area contributed by atoms with Crippen LogP contribution in [-0.2, 0) is 6.42 Å². The minimum atomic E-state index is 0.704. The Morgan fingerprint density at radius 1 is 1.05 bits per heavy atom. The Labute approximate surface area is 127 Å². The summed E-state index contributed by atoms with van der Waals surface area (Å²) in [6.45, 7) is 5.73. The Balaban J connectivity index is 1.93. The summed E-state index contributed by atoms with van der Waals surface area (Å²) in [7, 11) is 5.51. The molecule has 0 saturated carbocycles. The van der Waals surface area contributed by atoms with Crippen LogP contribution in [0.5, 0.6) is 11.5 Å². The number of anilines is 1. The van der Waals surface area contributed by atoms with Crippen LogP contribution in [0, 0.1) is 0 Å². The number of piperazine rings is 1. The predicted molar refractivity (Wildman–Crippen MR) is 86.2 cm³/mol. The molecule has 5 heteroatoms. The lowest BCUT2D eigenvalue weighted by Crippen LogP contribution is -2.44. The van der Waals surface area contributed by atoms with Crippen molar-refractivity contribution in [1.82, 2.24) is 9.80 Å². The number of methoxy groups -OCH3 is 2. The molecule has 118 valence electrons. The quantitative estimate of drug-likeness (QED) is 0.805. The molecular weight excluding hydrogens is 266 g/mol. The molecule has 1 heterocycles. The highest BCUT2D eigenvalue weighted by molar-refractivity contribution is 5.63. The fraction of sp³-hybridized carbons (Fsp3) is 0.625. The first kappa shape index (κ1) is 15.9. The van der Waals surface area contributed by atoms with E-state index in [1.165, 1.54) is 0 Å². The molecule has 0 bridgehead atoms. The third-order valence-electron chi connectivity index (χ3n) is 4.21. The summed E-state index contributed by atoms with van der Waals surface area (Å²) in [5, 5.41) is 0. The smallest absolute Gasteiger partial charge is 0.142 e. The molecule has 2 rings (SSSR count). The molecule has 0 spiro atoms. The zero-order chi connectivity index (χ0) is 15.2. The van der Waals surface area contributed by atoms with E-state index in [9.17, 15) is 0 Å². The molecule has 0 unspecified atom stereocenters. The standard InChI is InChI=1S/C16H27N3O2/c1-18-9-11-19(12-10-18)8-4-5-13-14(20-2)6-7-15(21-3)16(13)17/h6-7H,4-5,8-12,17H2,1-3H3. The molecule has 21 heavy (non-hydrogen) atoms. The predicted octanol–water partition coefficient (Wildman–Crippen LogP) is 1.47. The van der Waals surface area contributed by atoms with Gasteiger partial charge in [-0.2, -0.15) is 0 Å². The van der Waals surface area contributed by atoms with Gasteiger partial charge in [0, 0.05) is 31.7 Å².